The number of benzene rings is 1. The van der Waals surface area contributed by atoms with Gasteiger partial charge in [0.15, 0.2) is 11.6 Å². The molecular formula is C13H11FN2O4. The summed E-state index contributed by atoms with van der Waals surface area (Å²) >= 11 is 0. The minimum absolute atomic E-state index is 0.137. The second kappa shape index (κ2) is 5.62. The van der Waals surface area contributed by atoms with E-state index in [0.29, 0.717) is 5.69 Å². The molecule has 0 saturated carbocycles. The zero-order valence-corrected chi connectivity index (χ0v) is 10.5. The maximum absolute atomic E-state index is 13.6. The number of nitrogens with zero attached hydrogens (tertiary/aromatic N) is 2. The lowest BCUT2D eigenvalue weighted by molar-refractivity contribution is -0.385. The Morgan fingerprint density at radius 1 is 1.40 bits per heavy atom. The number of ether oxygens (including phenoxy) is 1. The Bertz CT molecular complexity index is 629. The van der Waals surface area contributed by atoms with Crippen LogP contribution in [0.3, 0.4) is 0 Å². The number of halogens is 1. The summed E-state index contributed by atoms with van der Waals surface area (Å²) in [6, 6.07) is 6.18. The van der Waals surface area contributed by atoms with Crippen LogP contribution in [0.1, 0.15) is 18.7 Å². The summed E-state index contributed by atoms with van der Waals surface area (Å²) in [5, 5.41) is 19.8. The largest absolute Gasteiger partial charge is 0.453 e. The van der Waals surface area contributed by atoms with Gasteiger partial charge in [-0.3, -0.25) is 15.1 Å². The van der Waals surface area contributed by atoms with Crippen LogP contribution in [0.5, 0.6) is 11.5 Å². The number of rotatable bonds is 4. The van der Waals surface area contributed by atoms with Gasteiger partial charge in [-0.1, -0.05) is 0 Å². The van der Waals surface area contributed by atoms with Crippen molar-refractivity contribution in [1.29, 1.82) is 0 Å². The van der Waals surface area contributed by atoms with Crippen molar-refractivity contribution in [3.63, 3.8) is 0 Å². The molecule has 7 heteroatoms. The van der Waals surface area contributed by atoms with E-state index in [-0.39, 0.29) is 17.2 Å². The molecular weight excluding hydrogens is 267 g/mol. The fourth-order valence-corrected chi connectivity index (χ4v) is 1.51. The lowest BCUT2D eigenvalue weighted by atomic mass is 10.2. The van der Waals surface area contributed by atoms with Gasteiger partial charge in [-0.15, -0.1) is 0 Å². The van der Waals surface area contributed by atoms with Crippen LogP contribution in [-0.2, 0) is 0 Å². The molecule has 0 radical (unpaired) electrons. The van der Waals surface area contributed by atoms with Crippen molar-refractivity contribution < 1.29 is 19.2 Å². The Morgan fingerprint density at radius 2 is 2.15 bits per heavy atom. The van der Waals surface area contributed by atoms with Gasteiger partial charge in [0.25, 0.3) is 5.69 Å². The summed E-state index contributed by atoms with van der Waals surface area (Å²) in [5.41, 5.74) is 0.110. The molecule has 1 aromatic carbocycles. The highest BCUT2D eigenvalue weighted by Gasteiger charge is 2.12. The quantitative estimate of drug-likeness (QED) is 0.686. The number of aliphatic hydroxyl groups excluding tert-OH is 1. The summed E-state index contributed by atoms with van der Waals surface area (Å²) in [6.07, 6.45) is 0.628. The molecule has 1 aromatic heterocycles. The van der Waals surface area contributed by atoms with Gasteiger partial charge >= 0.3 is 0 Å². The molecule has 2 rings (SSSR count). The number of aliphatic hydroxyl groups is 1. The van der Waals surface area contributed by atoms with E-state index in [4.69, 9.17) is 4.74 Å². The molecule has 20 heavy (non-hydrogen) atoms. The maximum Gasteiger partial charge on any atom is 0.272 e. The van der Waals surface area contributed by atoms with Gasteiger partial charge in [0.2, 0.25) is 0 Å². The number of hydrogen-bond acceptors (Lipinski definition) is 5. The number of nitro benzene ring substituents is 1. The molecule has 0 fully saturated rings. The fourth-order valence-electron chi connectivity index (χ4n) is 1.51. The van der Waals surface area contributed by atoms with Gasteiger partial charge in [-0.05, 0) is 25.1 Å². The average Bonchev–Trinajstić information content (AvgIpc) is 2.41. The molecule has 0 bridgehead atoms. The van der Waals surface area contributed by atoms with Crippen LogP contribution in [0.15, 0.2) is 36.5 Å². The van der Waals surface area contributed by atoms with Gasteiger partial charge in [0.1, 0.15) is 5.75 Å². The average molecular weight is 278 g/mol. The Labute approximate surface area is 113 Å². The molecule has 1 heterocycles. The molecule has 1 N–H and O–H groups in total. The zero-order chi connectivity index (χ0) is 14.7. The SMILES string of the molecule is CC(O)c1ccc(Oc2ccc([N+](=O)[O-])cc2F)cn1. The number of hydrogen-bond donors (Lipinski definition) is 1. The first-order chi connectivity index (χ1) is 9.47. The van der Waals surface area contributed by atoms with E-state index in [0.717, 1.165) is 12.1 Å². The Morgan fingerprint density at radius 3 is 2.65 bits per heavy atom. The highest BCUT2D eigenvalue weighted by molar-refractivity contribution is 5.39. The van der Waals surface area contributed by atoms with Gasteiger partial charge in [-0.2, -0.15) is 0 Å². The van der Waals surface area contributed by atoms with Crippen LogP contribution in [0, 0.1) is 15.9 Å². The van der Waals surface area contributed by atoms with Crippen molar-refractivity contribution in [2.75, 3.05) is 0 Å². The molecule has 0 aliphatic heterocycles. The highest BCUT2D eigenvalue weighted by Crippen LogP contribution is 2.27. The monoisotopic (exact) mass is 278 g/mol. The predicted molar refractivity (Wildman–Crippen MR) is 68.0 cm³/mol. The minimum Gasteiger partial charge on any atom is -0.453 e. The fraction of sp³-hybridized carbons (Fsp3) is 0.154. The molecule has 2 aromatic rings. The first kappa shape index (κ1) is 13.9. The summed E-state index contributed by atoms with van der Waals surface area (Å²) in [4.78, 5) is 13.7. The number of pyridine rings is 1. The van der Waals surface area contributed by atoms with Gasteiger partial charge in [0, 0.05) is 6.07 Å². The van der Waals surface area contributed by atoms with Crippen LogP contribution < -0.4 is 4.74 Å². The maximum atomic E-state index is 13.6. The highest BCUT2D eigenvalue weighted by atomic mass is 19.1. The van der Waals surface area contributed by atoms with Crippen LogP contribution in [-0.4, -0.2) is 15.0 Å². The molecule has 104 valence electrons. The second-order valence-electron chi connectivity index (χ2n) is 4.07. The predicted octanol–water partition coefficient (Wildman–Crippen LogP) is 2.97. The van der Waals surface area contributed by atoms with Gasteiger partial charge < -0.3 is 9.84 Å². The van der Waals surface area contributed by atoms with Crippen molar-refractivity contribution in [3.8, 4) is 11.5 Å². The van der Waals surface area contributed by atoms with E-state index in [1.165, 1.54) is 18.3 Å². The summed E-state index contributed by atoms with van der Waals surface area (Å²) in [5.74, 6) is -0.705. The van der Waals surface area contributed by atoms with Gasteiger partial charge in [0.05, 0.1) is 29.0 Å². The molecule has 0 aliphatic rings. The molecule has 0 spiro atoms. The van der Waals surface area contributed by atoms with Gasteiger partial charge in [-0.25, -0.2) is 4.39 Å². The first-order valence-corrected chi connectivity index (χ1v) is 5.73. The van der Waals surface area contributed by atoms with Crippen LogP contribution in [0.25, 0.3) is 0 Å². The topological polar surface area (TPSA) is 85.5 Å². The van der Waals surface area contributed by atoms with Crippen LogP contribution in [0.2, 0.25) is 0 Å². The lowest BCUT2D eigenvalue weighted by Gasteiger charge is -2.08. The van der Waals surface area contributed by atoms with Crippen molar-refractivity contribution in [2.45, 2.75) is 13.0 Å². The number of non-ortho nitro benzene ring substituents is 1. The Hall–Kier alpha value is -2.54. The molecule has 0 saturated heterocycles. The minimum atomic E-state index is -0.834. The summed E-state index contributed by atoms with van der Waals surface area (Å²) < 4.78 is 18.9. The Kier molecular flexibility index (Phi) is 3.90. The third-order valence-electron chi connectivity index (χ3n) is 2.54. The number of aromatic nitrogens is 1. The van der Waals surface area contributed by atoms with E-state index in [1.54, 1.807) is 13.0 Å². The molecule has 1 unspecified atom stereocenters. The zero-order valence-electron chi connectivity index (χ0n) is 10.5. The third-order valence-corrected chi connectivity index (χ3v) is 2.54. The van der Waals surface area contributed by atoms with Crippen molar-refractivity contribution in [1.82, 2.24) is 4.98 Å². The van der Waals surface area contributed by atoms with Crippen LogP contribution in [0.4, 0.5) is 10.1 Å². The Balaban J connectivity index is 2.19. The summed E-state index contributed by atoms with van der Waals surface area (Å²) in [6.45, 7) is 1.57. The van der Waals surface area contributed by atoms with E-state index in [1.807, 2.05) is 0 Å². The normalized spacial score (nSPS) is 11.9. The summed E-state index contributed by atoms with van der Waals surface area (Å²) in [7, 11) is 0. The van der Waals surface area contributed by atoms with Crippen LogP contribution >= 0.6 is 0 Å². The standard InChI is InChI=1S/C13H11FN2O4/c1-8(17)12-4-3-10(7-15-12)20-13-5-2-9(16(18)19)6-11(13)14/h2-8,17H,1H3. The number of nitro groups is 1. The van der Waals surface area contributed by atoms with E-state index < -0.39 is 16.8 Å². The molecule has 6 nitrogen and oxygen atoms in total. The molecule has 0 aliphatic carbocycles. The van der Waals surface area contributed by atoms with Crippen molar-refractivity contribution >= 4 is 5.69 Å². The molecule has 1 atom stereocenters. The molecule has 0 amide bonds. The third kappa shape index (κ3) is 3.07. The van der Waals surface area contributed by atoms with E-state index >= 15 is 0 Å². The van der Waals surface area contributed by atoms with E-state index in [2.05, 4.69) is 4.98 Å². The van der Waals surface area contributed by atoms with Crippen molar-refractivity contribution in [2.24, 2.45) is 0 Å². The first-order valence-electron chi connectivity index (χ1n) is 5.73. The lowest BCUT2D eigenvalue weighted by Crippen LogP contribution is -1.96. The van der Waals surface area contributed by atoms with Crippen molar-refractivity contribution in [3.05, 3.63) is 58.2 Å². The smallest absolute Gasteiger partial charge is 0.272 e. The second-order valence-corrected chi connectivity index (χ2v) is 4.07. The van der Waals surface area contributed by atoms with E-state index in [9.17, 15) is 19.6 Å².